The first-order chi connectivity index (χ1) is 9.72. The molecule has 0 radical (unpaired) electrons. The Morgan fingerprint density at radius 3 is 2.90 bits per heavy atom. The van der Waals surface area contributed by atoms with Crippen molar-refractivity contribution in [2.45, 2.75) is 64.5 Å². The Morgan fingerprint density at radius 2 is 2.15 bits per heavy atom. The minimum atomic E-state index is 0.403. The number of ether oxygens (including phenoxy) is 1. The van der Waals surface area contributed by atoms with Crippen molar-refractivity contribution in [2.75, 3.05) is 33.3 Å². The van der Waals surface area contributed by atoms with Gasteiger partial charge in [-0.2, -0.15) is 0 Å². The molecule has 1 N–H and O–H groups in total. The first-order valence-electron chi connectivity index (χ1n) is 8.74. The van der Waals surface area contributed by atoms with Crippen molar-refractivity contribution < 1.29 is 4.74 Å². The second-order valence-corrected chi connectivity index (χ2v) is 6.92. The minimum Gasteiger partial charge on any atom is -0.377 e. The van der Waals surface area contributed by atoms with Gasteiger partial charge in [0.15, 0.2) is 0 Å². The van der Waals surface area contributed by atoms with Crippen molar-refractivity contribution in [3.05, 3.63) is 0 Å². The first-order valence-corrected chi connectivity index (χ1v) is 8.74. The molecular weight excluding hydrogens is 248 g/mol. The van der Waals surface area contributed by atoms with Gasteiger partial charge in [-0.3, -0.25) is 0 Å². The SMILES string of the molecule is CCCC1CCC(NC)C(CN2CCCOC(C)C2)C1. The van der Waals surface area contributed by atoms with E-state index in [1.807, 2.05) is 0 Å². The number of hydrogen-bond acceptors (Lipinski definition) is 3. The Kier molecular flexibility index (Phi) is 6.79. The van der Waals surface area contributed by atoms with Gasteiger partial charge >= 0.3 is 0 Å². The molecule has 2 rings (SSSR count). The summed E-state index contributed by atoms with van der Waals surface area (Å²) in [5.41, 5.74) is 0. The number of hydrogen-bond donors (Lipinski definition) is 1. The van der Waals surface area contributed by atoms with Crippen molar-refractivity contribution in [3.8, 4) is 0 Å². The van der Waals surface area contributed by atoms with Gasteiger partial charge in [-0.05, 0) is 51.5 Å². The molecule has 0 aromatic carbocycles. The minimum absolute atomic E-state index is 0.403. The van der Waals surface area contributed by atoms with Crippen molar-refractivity contribution >= 4 is 0 Å². The molecule has 1 saturated heterocycles. The van der Waals surface area contributed by atoms with E-state index < -0.39 is 0 Å². The summed E-state index contributed by atoms with van der Waals surface area (Å²) in [5, 5.41) is 3.58. The Morgan fingerprint density at radius 1 is 1.30 bits per heavy atom. The summed E-state index contributed by atoms with van der Waals surface area (Å²) in [6, 6.07) is 0.725. The van der Waals surface area contributed by atoms with Crippen LogP contribution < -0.4 is 5.32 Å². The molecule has 0 aromatic heterocycles. The number of nitrogens with one attached hydrogen (secondary N) is 1. The van der Waals surface area contributed by atoms with E-state index in [1.165, 1.54) is 51.6 Å². The van der Waals surface area contributed by atoms with Gasteiger partial charge in [-0.15, -0.1) is 0 Å². The molecule has 1 saturated carbocycles. The summed E-state index contributed by atoms with van der Waals surface area (Å²) in [6.45, 7) is 9.08. The second-order valence-electron chi connectivity index (χ2n) is 6.92. The van der Waals surface area contributed by atoms with Crippen LogP contribution in [0.15, 0.2) is 0 Å². The quantitative estimate of drug-likeness (QED) is 0.839. The van der Waals surface area contributed by atoms with Gasteiger partial charge in [0.25, 0.3) is 0 Å². The summed E-state index contributed by atoms with van der Waals surface area (Å²) in [6.07, 6.45) is 8.58. The molecule has 2 fully saturated rings. The monoisotopic (exact) mass is 282 g/mol. The Labute approximate surface area is 125 Å². The molecule has 1 heterocycles. The van der Waals surface area contributed by atoms with E-state index >= 15 is 0 Å². The maximum Gasteiger partial charge on any atom is 0.0673 e. The maximum atomic E-state index is 5.78. The molecule has 0 spiro atoms. The van der Waals surface area contributed by atoms with Crippen LogP contribution in [0.4, 0.5) is 0 Å². The van der Waals surface area contributed by atoms with Crippen molar-refractivity contribution in [1.29, 1.82) is 0 Å². The van der Waals surface area contributed by atoms with Gasteiger partial charge in [0.2, 0.25) is 0 Å². The lowest BCUT2D eigenvalue weighted by Crippen LogP contribution is -2.45. The Hall–Kier alpha value is -0.120. The third-order valence-electron chi connectivity index (χ3n) is 5.19. The van der Waals surface area contributed by atoms with Crippen LogP contribution in [0.1, 0.15) is 52.4 Å². The lowest BCUT2D eigenvalue weighted by Gasteiger charge is -2.39. The Balaban J connectivity index is 1.89. The van der Waals surface area contributed by atoms with Gasteiger partial charge in [-0.25, -0.2) is 0 Å². The molecule has 20 heavy (non-hydrogen) atoms. The molecule has 4 atom stereocenters. The van der Waals surface area contributed by atoms with E-state index in [9.17, 15) is 0 Å². The van der Waals surface area contributed by atoms with E-state index in [4.69, 9.17) is 4.74 Å². The van der Waals surface area contributed by atoms with E-state index in [2.05, 4.69) is 31.1 Å². The molecule has 1 aliphatic carbocycles. The zero-order valence-corrected chi connectivity index (χ0v) is 13.7. The molecule has 4 unspecified atom stereocenters. The Bertz CT molecular complexity index is 272. The van der Waals surface area contributed by atoms with Crippen LogP contribution in [-0.2, 0) is 4.74 Å². The highest BCUT2D eigenvalue weighted by Crippen LogP contribution is 2.32. The molecule has 3 heteroatoms. The lowest BCUT2D eigenvalue weighted by atomic mass is 9.76. The van der Waals surface area contributed by atoms with Gasteiger partial charge in [-0.1, -0.05) is 19.8 Å². The maximum absolute atomic E-state index is 5.78. The number of rotatable bonds is 5. The predicted octanol–water partition coefficient (Wildman–Crippen LogP) is 2.90. The third kappa shape index (κ3) is 4.71. The van der Waals surface area contributed by atoms with Crippen LogP contribution in [0.25, 0.3) is 0 Å². The molecule has 1 aliphatic heterocycles. The van der Waals surface area contributed by atoms with Crippen LogP contribution in [0, 0.1) is 11.8 Å². The molecule has 0 bridgehead atoms. The van der Waals surface area contributed by atoms with E-state index in [0.29, 0.717) is 6.10 Å². The lowest BCUT2D eigenvalue weighted by molar-refractivity contribution is 0.0608. The molecule has 118 valence electrons. The smallest absolute Gasteiger partial charge is 0.0673 e. The van der Waals surface area contributed by atoms with Crippen LogP contribution in [0.3, 0.4) is 0 Å². The summed E-state index contributed by atoms with van der Waals surface area (Å²) >= 11 is 0. The van der Waals surface area contributed by atoms with Crippen molar-refractivity contribution in [3.63, 3.8) is 0 Å². The van der Waals surface area contributed by atoms with Gasteiger partial charge in [0, 0.05) is 32.3 Å². The third-order valence-corrected chi connectivity index (χ3v) is 5.19. The average Bonchev–Trinajstić information content (AvgIpc) is 2.64. The first kappa shape index (κ1) is 16.3. The predicted molar refractivity (Wildman–Crippen MR) is 85.1 cm³/mol. The van der Waals surface area contributed by atoms with Crippen LogP contribution in [-0.4, -0.2) is 50.3 Å². The van der Waals surface area contributed by atoms with Crippen molar-refractivity contribution in [2.24, 2.45) is 11.8 Å². The van der Waals surface area contributed by atoms with Crippen LogP contribution in [0.2, 0.25) is 0 Å². The highest BCUT2D eigenvalue weighted by molar-refractivity contribution is 4.86. The summed E-state index contributed by atoms with van der Waals surface area (Å²) in [5.74, 6) is 1.80. The fourth-order valence-corrected chi connectivity index (χ4v) is 4.19. The van der Waals surface area contributed by atoms with E-state index in [-0.39, 0.29) is 0 Å². The largest absolute Gasteiger partial charge is 0.377 e. The van der Waals surface area contributed by atoms with Gasteiger partial charge < -0.3 is 15.0 Å². The van der Waals surface area contributed by atoms with Crippen LogP contribution >= 0.6 is 0 Å². The zero-order valence-electron chi connectivity index (χ0n) is 13.7. The molecule has 3 nitrogen and oxygen atoms in total. The zero-order chi connectivity index (χ0) is 14.4. The van der Waals surface area contributed by atoms with E-state index in [0.717, 1.165) is 31.0 Å². The fourth-order valence-electron chi connectivity index (χ4n) is 4.19. The molecule has 2 aliphatic rings. The van der Waals surface area contributed by atoms with Crippen molar-refractivity contribution in [1.82, 2.24) is 10.2 Å². The normalized spacial score (nSPS) is 36.8. The van der Waals surface area contributed by atoms with E-state index in [1.54, 1.807) is 0 Å². The van der Waals surface area contributed by atoms with Gasteiger partial charge in [0.1, 0.15) is 0 Å². The van der Waals surface area contributed by atoms with Crippen LogP contribution in [0.5, 0.6) is 0 Å². The average molecular weight is 282 g/mol. The topological polar surface area (TPSA) is 24.5 Å². The summed E-state index contributed by atoms with van der Waals surface area (Å²) in [4.78, 5) is 2.65. The summed E-state index contributed by atoms with van der Waals surface area (Å²) in [7, 11) is 2.14. The molecular formula is C17H34N2O. The second kappa shape index (κ2) is 8.35. The molecule has 0 amide bonds. The standard InChI is InChI=1S/C17H34N2O/c1-4-6-15-7-8-17(18-3)16(11-15)13-19-9-5-10-20-14(2)12-19/h14-18H,4-13H2,1-3H3. The fraction of sp³-hybridized carbons (Fsp3) is 1.00. The number of nitrogens with zero attached hydrogens (tertiary/aromatic N) is 1. The highest BCUT2D eigenvalue weighted by atomic mass is 16.5. The highest BCUT2D eigenvalue weighted by Gasteiger charge is 2.31. The van der Waals surface area contributed by atoms with Gasteiger partial charge in [0.05, 0.1) is 6.10 Å². The molecule has 0 aromatic rings. The summed E-state index contributed by atoms with van der Waals surface area (Å²) < 4.78 is 5.78.